The van der Waals surface area contributed by atoms with E-state index in [4.69, 9.17) is 16.0 Å². The maximum absolute atomic E-state index is 5.85. The normalized spacial score (nSPS) is 16.7. The number of halogens is 1. The van der Waals surface area contributed by atoms with Crippen LogP contribution in [0.15, 0.2) is 57.3 Å². The molecule has 4 rings (SSSR count). The molecule has 116 valence electrons. The molecule has 0 spiro atoms. The Morgan fingerprint density at radius 2 is 2.17 bits per heavy atom. The maximum Gasteiger partial charge on any atom is 0.198 e. The number of nitrogens with zero attached hydrogens (tertiary/aromatic N) is 3. The summed E-state index contributed by atoms with van der Waals surface area (Å²) >= 11 is 5.78. The van der Waals surface area contributed by atoms with E-state index < -0.39 is 0 Å². The zero-order valence-corrected chi connectivity index (χ0v) is 12.7. The molecule has 0 amide bonds. The number of furan rings is 1. The number of pyridine rings is 1. The van der Waals surface area contributed by atoms with Crippen molar-refractivity contribution in [1.29, 1.82) is 0 Å². The second kappa shape index (κ2) is 5.86. The van der Waals surface area contributed by atoms with Crippen LogP contribution in [0.5, 0.6) is 0 Å². The van der Waals surface area contributed by atoms with Crippen molar-refractivity contribution < 1.29 is 4.42 Å². The number of hydrogen-bond donors (Lipinski definition) is 3. The van der Waals surface area contributed by atoms with Gasteiger partial charge in [0, 0.05) is 11.9 Å². The minimum absolute atomic E-state index is 0.288. The first-order valence-electron chi connectivity index (χ1n) is 7.06. The molecule has 23 heavy (non-hydrogen) atoms. The van der Waals surface area contributed by atoms with Crippen LogP contribution in [0.1, 0.15) is 17.5 Å². The second-order valence-electron chi connectivity index (χ2n) is 5.12. The standard InChI is InChI=1S/C15H13ClN6O/c16-14-4-3-11(8-18-14)17-7-9-1-2-10-6-13(23-12(10)5-9)15-19-21-22-20-15/h1-6,8,15,17H,7H2,(H,19,22)(H,20,21). The number of hydrazine groups is 1. The van der Waals surface area contributed by atoms with Crippen LogP contribution in [-0.4, -0.2) is 4.98 Å². The van der Waals surface area contributed by atoms with Gasteiger partial charge in [-0.2, -0.15) is 5.43 Å². The van der Waals surface area contributed by atoms with Crippen molar-refractivity contribution in [3.63, 3.8) is 0 Å². The van der Waals surface area contributed by atoms with Gasteiger partial charge in [0.25, 0.3) is 0 Å². The Kier molecular flexibility index (Phi) is 3.57. The Balaban J connectivity index is 1.51. The van der Waals surface area contributed by atoms with Crippen LogP contribution < -0.4 is 16.3 Å². The van der Waals surface area contributed by atoms with Crippen LogP contribution in [0, 0.1) is 0 Å². The first-order chi connectivity index (χ1) is 11.3. The molecule has 1 aliphatic rings. The van der Waals surface area contributed by atoms with Gasteiger partial charge in [-0.3, -0.25) is 0 Å². The molecule has 0 aliphatic carbocycles. The summed E-state index contributed by atoms with van der Waals surface area (Å²) in [6.07, 6.45) is 1.42. The Labute approximate surface area is 136 Å². The summed E-state index contributed by atoms with van der Waals surface area (Å²) in [6.45, 7) is 0.665. The third-order valence-electron chi connectivity index (χ3n) is 3.52. The van der Waals surface area contributed by atoms with Gasteiger partial charge in [0.15, 0.2) is 6.17 Å². The monoisotopic (exact) mass is 328 g/mol. The van der Waals surface area contributed by atoms with E-state index in [1.54, 1.807) is 12.3 Å². The molecule has 2 aromatic heterocycles. The Bertz CT molecular complexity index is 860. The fourth-order valence-corrected chi connectivity index (χ4v) is 2.47. The fourth-order valence-electron chi connectivity index (χ4n) is 2.36. The molecule has 1 aromatic carbocycles. The number of anilines is 1. The summed E-state index contributed by atoms with van der Waals surface area (Å²) in [5, 5.41) is 12.5. The average molecular weight is 329 g/mol. The van der Waals surface area contributed by atoms with E-state index in [1.807, 2.05) is 24.3 Å². The minimum Gasteiger partial charge on any atom is -0.457 e. The number of fused-ring (bicyclic) bond motifs is 1. The molecule has 8 heteroatoms. The molecule has 0 radical (unpaired) electrons. The van der Waals surface area contributed by atoms with Crippen LogP contribution in [0.3, 0.4) is 0 Å². The molecule has 3 heterocycles. The first kappa shape index (κ1) is 14.0. The molecule has 1 atom stereocenters. The number of hydrogen-bond acceptors (Lipinski definition) is 7. The first-order valence-corrected chi connectivity index (χ1v) is 7.44. The highest BCUT2D eigenvalue weighted by Crippen LogP contribution is 2.26. The smallest absolute Gasteiger partial charge is 0.198 e. The lowest BCUT2D eigenvalue weighted by atomic mass is 10.1. The maximum atomic E-state index is 5.85. The summed E-state index contributed by atoms with van der Waals surface area (Å²) in [5.74, 6) is 0.723. The van der Waals surface area contributed by atoms with Gasteiger partial charge >= 0.3 is 0 Å². The van der Waals surface area contributed by atoms with Gasteiger partial charge in [-0.15, -0.1) is 5.11 Å². The van der Waals surface area contributed by atoms with E-state index in [1.165, 1.54) is 0 Å². The molecule has 0 saturated carbocycles. The highest BCUT2D eigenvalue weighted by molar-refractivity contribution is 6.29. The predicted octanol–water partition coefficient (Wildman–Crippen LogP) is 3.57. The van der Waals surface area contributed by atoms with Crippen molar-refractivity contribution in [3.05, 3.63) is 59.1 Å². The minimum atomic E-state index is -0.288. The van der Waals surface area contributed by atoms with Gasteiger partial charge in [-0.1, -0.05) is 29.0 Å². The molecule has 7 nitrogen and oxygen atoms in total. The largest absolute Gasteiger partial charge is 0.457 e. The number of nitrogens with one attached hydrogen (secondary N) is 3. The summed E-state index contributed by atoms with van der Waals surface area (Å²) in [4.78, 5) is 4.04. The highest BCUT2D eigenvalue weighted by Gasteiger charge is 2.18. The van der Waals surface area contributed by atoms with E-state index in [0.29, 0.717) is 11.7 Å². The van der Waals surface area contributed by atoms with E-state index in [0.717, 1.165) is 28.0 Å². The molecule has 3 aromatic rings. The molecule has 1 unspecified atom stereocenters. The predicted molar refractivity (Wildman–Crippen MR) is 86.7 cm³/mol. The van der Waals surface area contributed by atoms with Gasteiger partial charge in [0.05, 0.1) is 11.9 Å². The van der Waals surface area contributed by atoms with Gasteiger partial charge in [-0.25, -0.2) is 10.5 Å². The second-order valence-corrected chi connectivity index (χ2v) is 5.51. The molecule has 0 fully saturated rings. The van der Waals surface area contributed by atoms with E-state index in [-0.39, 0.29) is 6.17 Å². The van der Waals surface area contributed by atoms with Crippen LogP contribution >= 0.6 is 11.6 Å². The van der Waals surface area contributed by atoms with Crippen LogP contribution in [0.2, 0.25) is 5.15 Å². The molecule has 0 bridgehead atoms. The van der Waals surface area contributed by atoms with Crippen LogP contribution in [0.4, 0.5) is 5.69 Å². The lowest BCUT2D eigenvalue weighted by molar-refractivity contribution is 0.446. The number of aromatic nitrogens is 1. The van der Waals surface area contributed by atoms with E-state index in [9.17, 15) is 0 Å². The van der Waals surface area contributed by atoms with E-state index >= 15 is 0 Å². The molecule has 3 N–H and O–H groups in total. The Morgan fingerprint density at radius 3 is 2.96 bits per heavy atom. The number of rotatable bonds is 4. The van der Waals surface area contributed by atoms with E-state index in [2.05, 4.69) is 37.7 Å². The summed E-state index contributed by atoms with van der Waals surface area (Å²) in [7, 11) is 0. The SMILES string of the molecule is Clc1ccc(NCc2ccc3cc(C4N=NNN4)oc3c2)cn1. The third kappa shape index (κ3) is 2.96. The fraction of sp³-hybridized carbons (Fsp3) is 0.133. The molecular formula is C15H13ClN6O. The zero-order chi connectivity index (χ0) is 15.6. The van der Waals surface area contributed by atoms with Crippen molar-refractivity contribution in [2.24, 2.45) is 10.3 Å². The lowest BCUT2D eigenvalue weighted by Crippen LogP contribution is -2.23. The van der Waals surface area contributed by atoms with Crippen molar-refractivity contribution in [3.8, 4) is 0 Å². The van der Waals surface area contributed by atoms with Crippen molar-refractivity contribution in [1.82, 2.24) is 15.9 Å². The third-order valence-corrected chi connectivity index (χ3v) is 3.75. The van der Waals surface area contributed by atoms with Crippen molar-refractivity contribution >= 4 is 28.3 Å². The number of benzene rings is 1. The Hall–Kier alpha value is -2.64. The average Bonchev–Trinajstić information content (AvgIpc) is 3.23. The van der Waals surface area contributed by atoms with Crippen molar-refractivity contribution in [2.45, 2.75) is 12.7 Å². The van der Waals surface area contributed by atoms with Gasteiger partial charge in [0.1, 0.15) is 16.5 Å². The zero-order valence-electron chi connectivity index (χ0n) is 12.0. The van der Waals surface area contributed by atoms with Crippen LogP contribution in [0.25, 0.3) is 11.0 Å². The summed E-state index contributed by atoms with van der Waals surface area (Å²) in [6, 6.07) is 11.7. The Morgan fingerprint density at radius 1 is 1.22 bits per heavy atom. The van der Waals surface area contributed by atoms with Crippen molar-refractivity contribution in [2.75, 3.05) is 5.32 Å². The molecule has 0 saturated heterocycles. The quantitative estimate of drug-likeness (QED) is 0.637. The lowest BCUT2D eigenvalue weighted by Gasteiger charge is -2.06. The van der Waals surface area contributed by atoms with Gasteiger partial charge < -0.3 is 9.73 Å². The highest BCUT2D eigenvalue weighted by atomic mass is 35.5. The molecule has 1 aliphatic heterocycles. The van der Waals surface area contributed by atoms with Gasteiger partial charge in [0.2, 0.25) is 0 Å². The van der Waals surface area contributed by atoms with Crippen LogP contribution in [-0.2, 0) is 6.54 Å². The van der Waals surface area contributed by atoms with Gasteiger partial charge in [-0.05, 0) is 29.8 Å². The summed E-state index contributed by atoms with van der Waals surface area (Å²) < 4.78 is 5.85. The topological polar surface area (TPSA) is 86.8 Å². The molecular weight excluding hydrogens is 316 g/mol. The summed E-state index contributed by atoms with van der Waals surface area (Å²) in [5.41, 5.74) is 8.32.